The molecule has 0 fully saturated rings. The Morgan fingerprint density at radius 2 is 0.619 bits per heavy atom. The van der Waals surface area contributed by atoms with E-state index < -0.39 is 0 Å². The van der Waals surface area contributed by atoms with E-state index in [2.05, 4.69) is 57.2 Å². The van der Waals surface area contributed by atoms with Crippen LogP contribution in [-0.4, -0.2) is 38.0 Å². The summed E-state index contributed by atoms with van der Waals surface area (Å²) in [6.07, 6.45) is 70.8. The van der Waals surface area contributed by atoms with E-state index in [4.69, 9.17) is 0 Å². The minimum absolute atomic E-state index is 0.242. The summed E-state index contributed by atoms with van der Waals surface area (Å²) in [6, 6.07) is 0. The maximum atomic E-state index is 12.5. The summed E-state index contributed by atoms with van der Waals surface area (Å²) in [4.78, 5) is 14.7. The van der Waals surface area contributed by atoms with Gasteiger partial charge in [0.2, 0.25) is 5.91 Å². The lowest BCUT2D eigenvalue weighted by molar-refractivity contribution is -0.121. The fourth-order valence-corrected chi connectivity index (χ4v) is 9.48. The quantitative estimate of drug-likeness (QED) is 0.0488. The standard InChI is InChI=1S/C60H118N2O/c1-6-9-12-15-18-21-22-23-24-25-26-27-29-32-37-42-52-59(54-45-46-55-60(63)61-56-47-48-57-62(4)5)53-44-39-34-33-38-43-51-58(49-40-35-30-20-17-14-11-8-3)50-41-36-31-28-19-16-13-10-7-2/h51,54H,6-50,52-53,55-57H2,1-5H3,(H,61,63)/b58-51-,59-54+. The van der Waals surface area contributed by atoms with E-state index in [0.29, 0.717) is 6.42 Å². The molecule has 374 valence electrons. The fourth-order valence-electron chi connectivity index (χ4n) is 9.48. The summed E-state index contributed by atoms with van der Waals surface area (Å²) >= 11 is 0. The van der Waals surface area contributed by atoms with Gasteiger partial charge in [0.1, 0.15) is 0 Å². The largest absolute Gasteiger partial charge is 0.356 e. The Bertz CT molecular complexity index is 952. The van der Waals surface area contributed by atoms with Gasteiger partial charge in [-0.25, -0.2) is 0 Å². The van der Waals surface area contributed by atoms with E-state index in [1.54, 1.807) is 11.1 Å². The van der Waals surface area contributed by atoms with Crippen LogP contribution in [0.1, 0.15) is 329 Å². The number of carbonyl (C=O) groups excluding carboxylic acids is 1. The minimum atomic E-state index is 0.242. The molecule has 63 heavy (non-hydrogen) atoms. The van der Waals surface area contributed by atoms with Gasteiger partial charge in [-0.15, -0.1) is 0 Å². The van der Waals surface area contributed by atoms with Gasteiger partial charge in [0.15, 0.2) is 0 Å². The highest BCUT2D eigenvalue weighted by atomic mass is 16.1. The van der Waals surface area contributed by atoms with Crippen LogP contribution in [0.4, 0.5) is 0 Å². The van der Waals surface area contributed by atoms with Gasteiger partial charge in [-0.2, -0.15) is 0 Å². The maximum absolute atomic E-state index is 12.5. The van der Waals surface area contributed by atoms with Gasteiger partial charge >= 0.3 is 0 Å². The van der Waals surface area contributed by atoms with Crippen molar-refractivity contribution in [1.29, 1.82) is 0 Å². The average molecular weight is 884 g/mol. The van der Waals surface area contributed by atoms with E-state index in [0.717, 1.165) is 38.8 Å². The van der Waals surface area contributed by atoms with Gasteiger partial charge in [0, 0.05) is 13.0 Å². The summed E-state index contributed by atoms with van der Waals surface area (Å²) in [5, 5.41) is 3.16. The molecule has 0 atom stereocenters. The lowest BCUT2D eigenvalue weighted by atomic mass is 9.97. The van der Waals surface area contributed by atoms with Crippen molar-refractivity contribution in [2.24, 2.45) is 0 Å². The zero-order chi connectivity index (χ0) is 45.8. The van der Waals surface area contributed by atoms with Crippen LogP contribution in [0.15, 0.2) is 23.3 Å². The smallest absolute Gasteiger partial charge is 0.220 e. The molecule has 0 unspecified atom stereocenters. The number of rotatable bonds is 53. The van der Waals surface area contributed by atoms with Gasteiger partial charge in [-0.1, -0.05) is 256 Å². The zero-order valence-corrected chi connectivity index (χ0v) is 44.4. The molecular formula is C60H118N2O. The number of allylic oxidation sites excluding steroid dienone is 4. The molecule has 0 bridgehead atoms. The van der Waals surface area contributed by atoms with Gasteiger partial charge in [-0.3, -0.25) is 4.79 Å². The Labute approximate surface area is 398 Å². The molecule has 0 aliphatic rings. The van der Waals surface area contributed by atoms with Crippen molar-refractivity contribution in [2.45, 2.75) is 329 Å². The van der Waals surface area contributed by atoms with Crippen LogP contribution in [0.25, 0.3) is 0 Å². The second-order valence-electron chi connectivity index (χ2n) is 20.6. The Balaban J connectivity index is 4.59. The molecular weight excluding hydrogens is 765 g/mol. The highest BCUT2D eigenvalue weighted by Crippen LogP contribution is 2.23. The van der Waals surface area contributed by atoms with Crippen molar-refractivity contribution in [1.82, 2.24) is 10.2 Å². The summed E-state index contributed by atoms with van der Waals surface area (Å²) in [5.41, 5.74) is 3.49. The van der Waals surface area contributed by atoms with E-state index in [1.807, 2.05) is 0 Å². The molecule has 0 aromatic rings. The first-order chi connectivity index (χ1) is 31.0. The Morgan fingerprint density at radius 1 is 0.333 bits per heavy atom. The normalized spacial score (nSPS) is 12.3. The van der Waals surface area contributed by atoms with E-state index in [9.17, 15) is 4.79 Å². The Hall–Kier alpha value is -1.09. The van der Waals surface area contributed by atoms with Crippen LogP contribution >= 0.6 is 0 Å². The summed E-state index contributed by atoms with van der Waals surface area (Å²) < 4.78 is 0. The van der Waals surface area contributed by atoms with Gasteiger partial charge in [0.25, 0.3) is 0 Å². The SMILES string of the molecule is CCCCCCCCCCCCCCCCCC/C(=C\CCCC(=O)NCCCCN(C)C)CCCCCCC/C=C(/CCCCCCCCCC)CCCCCCCCCCC. The van der Waals surface area contributed by atoms with Crippen molar-refractivity contribution in [3.8, 4) is 0 Å². The second kappa shape index (κ2) is 53.5. The molecule has 0 saturated carbocycles. The summed E-state index contributed by atoms with van der Waals surface area (Å²) in [7, 11) is 4.24. The third kappa shape index (κ3) is 51.8. The molecule has 0 radical (unpaired) electrons. The number of nitrogens with one attached hydrogen (secondary N) is 1. The van der Waals surface area contributed by atoms with Crippen molar-refractivity contribution < 1.29 is 4.79 Å². The number of amides is 1. The van der Waals surface area contributed by atoms with Crippen LogP contribution in [0, 0.1) is 0 Å². The van der Waals surface area contributed by atoms with E-state index in [1.165, 1.54) is 276 Å². The van der Waals surface area contributed by atoms with Gasteiger partial charge < -0.3 is 10.2 Å². The van der Waals surface area contributed by atoms with E-state index in [-0.39, 0.29) is 5.91 Å². The van der Waals surface area contributed by atoms with Crippen LogP contribution in [0.5, 0.6) is 0 Å². The predicted octanol–water partition coefficient (Wildman–Crippen LogP) is 20.3. The number of hydrogen-bond acceptors (Lipinski definition) is 2. The number of nitrogens with zero attached hydrogens (tertiary/aromatic N) is 1. The molecule has 1 amide bonds. The van der Waals surface area contributed by atoms with Crippen molar-refractivity contribution in [3.63, 3.8) is 0 Å². The molecule has 1 N–H and O–H groups in total. The highest BCUT2D eigenvalue weighted by molar-refractivity contribution is 5.75. The lowest BCUT2D eigenvalue weighted by Gasteiger charge is -2.10. The number of carbonyl (C=O) groups is 1. The van der Waals surface area contributed by atoms with Crippen molar-refractivity contribution in [3.05, 3.63) is 23.3 Å². The summed E-state index contributed by atoms with van der Waals surface area (Å²) in [6.45, 7) is 8.87. The monoisotopic (exact) mass is 883 g/mol. The lowest BCUT2D eigenvalue weighted by Crippen LogP contribution is -2.24. The topological polar surface area (TPSA) is 32.3 Å². The van der Waals surface area contributed by atoms with Crippen LogP contribution < -0.4 is 5.32 Å². The van der Waals surface area contributed by atoms with Crippen molar-refractivity contribution >= 4 is 5.91 Å². The maximum Gasteiger partial charge on any atom is 0.220 e. The molecule has 0 aromatic heterocycles. The average Bonchev–Trinajstić information content (AvgIpc) is 3.27. The van der Waals surface area contributed by atoms with Crippen molar-refractivity contribution in [2.75, 3.05) is 27.2 Å². The number of unbranched alkanes of at least 4 members (excludes halogenated alkanes) is 37. The first-order valence-electron chi connectivity index (χ1n) is 29.3. The van der Waals surface area contributed by atoms with Gasteiger partial charge in [-0.05, 0) is 111 Å². The Morgan fingerprint density at radius 3 is 0.937 bits per heavy atom. The molecule has 0 aromatic carbocycles. The summed E-state index contributed by atoms with van der Waals surface area (Å²) in [5.74, 6) is 0.242. The molecule has 3 nitrogen and oxygen atoms in total. The second-order valence-corrected chi connectivity index (χ2v) is 20.6. The third-order valence-electron chi connectivity index (χ3n) is 13.8. The van der Waals surface area contributed by atoms with Crippen LogP contribution in [0.3, 0.4) is 0 Å². The molecule has 0 rings (SSSR count). The fraction of sp³-hybridized carbons (Fsp3) is 0.917. The molecule has 0 spiro atoms. The molecule has 0 heterocycles. The van der Waals surface area contributed by atoms with Crippen LogP contribution in [0.2, 0.25) is 0 Å². The first-order valence-corrected chi connectivity index (χ1v) is 29.3. The third-order valence-corrected chi connectivity index (χ3v) is 13.8. The molecule has 3 heteroatoms. The minimum Gasteiger partial charge on any atom is -0.356 e. The first kappa shape index (κ1) is 61.9. The zero-order valence-electron chi connectivity index (χ0n) is 44.4. The molecule has 0 aliphatic carbocycles. The van der Waals surface area contributed by atoms with Gasteiger partial charge in [0.05, 0.1) is 0 Å². The number of hydrogen-bond donors (Lipinski definition) is 1. The highest BCUT2D eigenvalue weighted by Gasteiger charge is 2.05. The molecule has 0 saturated heterocycles. The van der Waals surface area contributed by atoms with Crippen LogP contribution in [-0.2, 0) is 4.79 Å². The molecule has 0 aliphatic heterocycles. The Kier molecular flexibility index (Phi) is 52.6. The predicted molar refractivity (Wildman–Crippen MR) is 286 cm³/mol. The van der Waals surface area contributed by atoms with E-state index >= 15 is 0 Å².